The summed E-state index contributed by atoms with van der Waals surface area (Å²) in [6, 6.07) is 7.54. The van der Waals surface area contributed by atoms with Crippen molar-refractivity contribution in [1.29, 1.82) is 0 Å². The van der Waals surface area contributed by atoms with Crippen molar-refractivity contribution in [3.8, 4) is 18.1 Å². The quantitative estimate of drug-likeness (QED) is 0.796. The molecule has 0 N–H and O–H groups in total. The third-order valence-corrected chi connectivity index (χ3v) is 3.70. The average molecular weight is 330 g/mol. The molecule has 1 amide bonds. The van der Waals surface area contributed by atoms with Crippen molar-refractivity contribution in [2.75, 3.05) is 39.3 Å². The number of amides is 1. The number of hydrogen-bond acceptors (Lipinski definition) is 4. The average Bonchev–Trinajstić information content (AvgIpc) is 2.54. The first-order valence-corrected chi connectivity index (χ1v) is 8.27. The summed E-state index contributed by atoms with van der Waals surface area (Å²) in [5.74, 6) is 3.39. The molecule has 0 aliphatic carbocycles. The number of rotatable bonds is 4. The third kappa shape index (κ3) is 5.78. The molecule has 0 radical (unpaired) electrons. The van der Waals surface area contributed by atoms with Crippen molar-refractivity contribution in [2.24, 2.45) is 0 Å². The van der Waals surface area contributed by atoms with Gasteiger partial charge in [0.2, 0.25) is 0 Å². The number of benzene rings is 1. The predicted octanol–water partition coefficient (Wildman–Crippen LogP) is 2.60. The number of carbonyl (C=O) groups is 1. The van der Waals surface area contributed by atoms with E-state index in [1.54, 1.807) is 4.90 Å². The molecule has 2 rings (SSSR count). The largest absolute Gasteiger partial charge is 0.492 e. The summed E-state index contributed by atoms with van der Waals surface area (Å²) >= 11 is 0. The van der Waals surface area contributed by atoms with Crippen LogP contribution in [0.2, 0.25) is 0 Å². The second-order valence-corrected chi connectivity index (χ2v) is 6.83. The molecule has 130 valence electrons. The summed E-state index contributed by atoms with van der Waals surface area (Å²) in [4.78, 5) is 16.1. The number of piperazine rings is 1. The molecule has 0 spiro atoms. The van der Waals surface area contributed by atoms with E-state index in [0.717, 1.165) is 30.9 Å². The topological polar surface area (TPSA) is 42.0 Å². The highest BCUT2D eigenvalue weighted by Gasteiger charge is 2.25. The van der Waals surface area contributed by atoms with Crippen LogP contribution in [-0.2, 0) is 4.74 Å². The van der Waals surface area contributed by atoms with Gasteiger partial charge in [0.1, 0.15) is 18.0 Å². The highest BCUT2D eigenvalue weighted by atomic mass is 16.6. The highest BCUT2D eigenvalue weighted by Crippen LogP contribution is 2.14. The number of terminal acetylenes is 1. The SMILES string of the molecule is C#Cc1cccc(OCCN2CCN(C(=O)OC(C)(C)C)CC2)c1. The van der Waals surface area contributed by atoms with Gasteiger partial charge in [-0.1, -0.05) is 12.0 Å². The predicted molar refractivity (Wildman–Crippen MR) is 94.1 cm³/mol. The lowest BCUT2D eigenvalue weighted by atomic mass is 10.2. The zero-order valence-electron chi connectivity index (χ0n) is 14.7. The highest BCUT2D eigenvalue weighted by molar-refractivity contribution is 5.68. The van der Waals surface area contributed by atoms with Gasteiger partial charge in [-0.05, 0) is 39.0 Å². The van der Waals surface area contributed by atoms with Gasteiger partial charge in [0.25, 0.3) is 0 Å². The lowest BCUT2D eigenvalue weighted by molar-refractivity contribution is 0.0137. The van der Waals surface area contributed by atoms with E-state index >= 15 is 0 Å². The Morgan fingerprint density at radius 2 is 1.96 bits per heavy atom. The fraction of sp³-hybridized carbons (Fsp3) is 0.526. The molecule has 1 aromatic rings. The Morgan fingerprint density at radius 3 is 2.58 bits per heavy atom. The van der Waals surface area contributed by atoms with Gasteiger partial charge in [-0.15, -0.1) is 6.42 Å². The maximum absolute atomic E-state index is 12.0. The zero-order chi connectivity index (χ0) is 17.6. The Hall–Kier alpha value is -2.19. The number of hydrogen-bond donors (Lipinski definition) is 0. The minimum absolute atomic E-state index is 0.232. The molecule has 0 unspecified atom stereocenters. The fourth-order valence-electron chi connectivity index (χ4n) is 2.45. The Balaban J connectivity index is 1.70. The summed E-state index contributed by atoms with van der Waals surface area (Å²) in [6.45, 7) is 10.1. The van der Waals surface area contributed by atoms with E-state index in [1.165, 1.54) is 0 Å². The number of ether oxygens (including phenoxy) is 2. The maximum Gasteiger partial charge on any atom is 0.410 e. The van der Waals surface area contributed by atoms with E-state index in [4.69, 9.17) is 15.9 Å². The summed E-state index contributed by atoms with van der Waals surface area (Å²) in [6.07, 6.45) is 5.15. The summed E-state index contributed by atoms with van der Waals surface area (Å²) in [7, 11) is 0. The minimum atomic E-state index is -0.449. The smallest absolute Gasteiger partial charge is 0.410 e. The van der Waals surface area contributed by atoms with Gasteiger partial charge in [-0.3, -0.25) is 4.90 Å². The Labute approximate surface area is 144 Å². The lowest BCUT2D eigenvalue weighted by Gasteiger charge is -2.35. The second kappa shape index (κ2) is 8.07. The van der Waals surface area contributed by atoms with Gasteiger partial charge in [-0.2, -0.15) is 0 Å². The van der Waals surface area contributed by atoms with Crippen LogP contribution in [0.5, 0.6) is 5.75 Å². The van der Waals surface area contributed by atoms with E-state index in [0.29, 0.717) is 19.7 Å². The van der Waals surface area contributed by atoms with Crippen molar-refractivity contribution in [1.82, 2.24) is 9.80 Å². The van der Waals surface area contributed by atoms with Gasteiger partial charge < -0.3 is 14.4 Å². The maximum atomic E-state index is 12.0. The van der Waals surface area contributed by atoms with E-state index in [2.05, 4.69) is 10.8 Å². The molecular weight excluding hydrogens is 304 g/mol. The Morgan fingerprint density at radius 1 is 1.25 bits per heavy atom. The molecule has 1 heterocycles. The lowest BCUT2D eigenvalue weighted by Crippen LogP contribution is -2.50. The monoisotopic (exact) mass is 330 g/mol. The van der Waals surface area contributed by atoms with Crippen molar-refractivity contribution < 1.29 is 14.3 Å². The number of nitrogens with zero attached hydrogens (tertiary/aromatic N) is 2. The van der Waals surface area contributed by atoms with Crippen molar-refractivity contribution >= 4 is 6.09 Å². The van der Waals surface area contributed by atoms with Crippen molar-refractivity contribution in [2.45, 2.75) is 26.4 Å². The molecular formula is C19H26N2O3. The molecule has 0 aromatic heterocycles. The normalized spacial score (nSPS) is 15.7. The Kier molecular flexibility index (Phi) is 6.10. The van der Waals surface area contributed by atoms with Crippen LogP contribution in [0.3, 0.4) is 0 Å². The molecule has 5 heteroatoms. The van der Waals surface area contributed by atoms with Crippen LogP contribution in [0.4, 0.5) is 4.79 Å². The summed E-state index contributed by atoms with van der Waals surface area (Å²) < 4.78 is 11.1. The van der Waals surface area contributed by atoms with Crippen LogP contribution < -0.4 is 4.74 Å². The minimum Gasteiger partial charge on any atom is -0.492 e. The molecule has 0 bridgehead atoms. The van der Waals surface area contributed by atoms with Crippen LogP contribution in [0.25, 0.3) is 0 Å². The first-order valence-electron chi connectivity index (χ1n) is 8.27. The summed E-state index contributed by atoms with van der Waals surface area (Å²) in [5, 5.41) is 0. The first kappa shape index (κ1) is 18.2. The van der Waals surface area contributed by atoms with E-state index < -0.39 is 5.60 Å². The van der Waals surface area contributed by atoms with E-state index in [-0.39, 0.29) is 6.09 Å². The fourth-order valence-corrected chi connectivity index (χ4v) is 2.45. The molecule has 0 saturated carbocycles. The van der Waals surface area contributed by atoms with Crippen LogP contribution in [-0.4, -0.2) is 60.8 Å². The summed E-state index contributed by atoms with van der Waals surface area (Å²) in [5.41, 5.74) is 0.369. The molecule has 1 fully saturated rings. The van der Waals surface area contributed by atoms with Gasteiger partial charge >= 0.3 is 6.09 Å². The molecule has 5 nitrogen and oxygen atoms in total. The van der Waals surface area contributed by atoms with Crippen LogP contribution in [0.15, 0.2) is 24.3 Å². The molecule has 0 atom stereocenters. The van der Waals surface area contributed by atoms with Gasteiger partial charge in [-0.25, -0.2) is 4.79 Å². The molecule has 24 heavy (non-hydrogen) atoms. The third-order valence-electron chi connectivity index (χ3n) is 3.70. The van der Waals surface area contributed by atoms with Crippen molar-refractivity contribution in [3.05, 3.63) is 29.8 Å². The molecule has 1 aliphatic heterocycles. The standard InChI is InChI=1S/C19H26N2O3/c1-5-16-7-6-8-17(15-16)23-14-13-20-9-11-21(12-10-20)18(22)24-19(2,3)4/h1,6-8,15H,9-14H2,2-4H3. The van der Waals surface area contributed by atoms with E-state index in [9.17, 15) is 4.79 Å². The van der Waals surface area contributed by atoms with Crippen LogP contribution in [0.1, 0.15) is 26.3 Å². The van der Waals surface area contributed by atoms with Crippen molar-refractivity contribution in [3.63, 3.8) is 0 Å². The zero-order valence-corrected chi connectivity index (χ0v) is 14.7. The van der Waals surface area contributed by atoms with Gasteiger partial charge in [0.05, 0.1) is 0 Å². The Bertz CT molecular complexity index is 593. The second-order valence-electron chi connectivity index (χ2n) is 6.83. The van der Waals surface area contributed by atoms with Gasteiger partial charge in [0, 0.05) is 38.3 Å². The van der Waals surface area contributed by atoms with Gasteiger partial charge in [0.15, 0.2) is 0 Å². The molecule has 1 aromatic carbocycles. The molecule has 1 saturated heterocycles. The van der Waals surface area contributed by atoms with Crippen LogP contribution >= 0.6 is 0 Å². The van der Waals surface area contributed by atoms with E-state index in [1.807, 2.05) is 45.0 Å². The number of carbonyl (C=O) groups excluding carboxylic acids is 1. The first-order chi connectivity index (χ1) is 11.4. The van der Waals surface area contributed by atoms with Crippen LogP contribution in [0, 0.1) is 12.3 Å². The molecule has 1 aliphatic rings.